The normalized spacial score (nSPS) is 11.6. The second-order valence-corrected chi connectivity index (χ2v) is 16.6. The van der Waals surface area contributed by atoms with Gasteiger partial charge in [-0.05, 0) is 104 Å². The van der Waals surface area contributed by atoms with Crippen LogP contribution in [0, 0.1) is 12.3 Å². The van der Waals surface area contributed by atoms with Crippen LogP contribution in [0.25, 0.3) is 97.9 Å². The number of fused-ring (bicyclic) bond motifs is 10. The molecule has 0 amide bonds. The Morgan fingerprint density at radius 2 is 1.21 bits per heavy atom. The molecule has 11 rings (SSSR count). The van der Waals surface area contributed by atoms with Crippen molar-refractivity contribution >= 4 is 99.5 Å². The van der Waals surface area contributed by atoms with Gasteiger partial charge in [-0.1, -0.05) is 176 Å². The average Bonchev–Trinajstić information content (AvgIpc) is 3.86. The van der Waals surface area contributed by atoms with E-state index in [1.165, 1.54) is 74.7 Å². The lowest BCUT2D eigenvalue weighted by atomic mass is 9.93. The zero-order chi connectivity index (χ0) is 43.5. The maximum Gasteiger partial charge on any atom is 0.135 e. The molecule has 0 bridgehead atoms. The van der Waals surface area contributed by atoms with Gasteiger partial charge in [-0.15, -0.1) is 11.3 Å². The molecule has 63 heavy (non-hydrogen) atoms. The molecular formula is C58H45N3OS. The van der Waals surface area contributed by atoms with Crippen molar-refractivity contribution < 1.29 is 4.42 Å². The van der Waals surface area contributed by atoms with E-state index in [-0.39, 0.29) is 5.84 Å². The van der Waals surface area contributed by atoms with Gasteiger partial charge in [0.2, 0.25) is 0 Å². The monoisotopic (exact) mass is 831 g/mol. The van der Waals surface area contributed by atoms with E-state index >= 15 is 0 Å². The van der Waals surface area contributed by atoms with Crippen LogP contribution in [0.4, 0.5) is 0 Å². The highest BCUT2D eigenvalue weighted by atomic mass is 32.1. The first kappa shape index (κ1) is 40.5. The number of nitrogens with two attached hydrogens (primary N) is 1. The summed E-state index contributed by atoms with van der Waals surface area (Å²) in [4.78, 5) is 3.76. The maximum absolute atomic E-state index is 7.99. The van der Waals surface area contributed by atoms with Crippen molar-refractivity contribution in [2.75, 3.05) is 0 Å². The van der Waals surface area contributed by atoms with Crippen molar-refractivity contribution in [2.24, 2.45) is 10.7 Å². The quantitative estimate of drug-likeness (QED) is 0.0995. The van der Waals surface area contributed by atoms with Crippen LogP contribution >= 0.6 is 11.3 Å². The van der Waals surface area contributed by atoms with Crippen molar-refractivity contribution in [3.05, 3.63) is 216 Å². The van der Waals surface area contributed by atoms with E-state index in [4.69, 9.17) is 15.6 Å². The van der Waals surface area contributed by atoms with Crippen LogP contribution in [0.2, 0.25) is 0 Å². The summed E-state index contributed by atoms with van der Waals surface area (Å²) in [6.45, 7) is 14.2. The van der Waals surface area contributed by atoms with E-state index in [0.717, 1.165) is 28.3 Å². The number of aliphatic imine (C=N–C) groups is 1. The summed E-state index contributed by atoms with van der Waals surface area (Å²) < 4.78 is 8.41. The van der Waals surface area contributed by atoms with Crippen LogP contribution in [0.5, 0.6) is 0 Å². The zero-order valence-electron chi connectivity index (χ0n) is 35.1. The maximum atomic E-state index is 7.99. The first-order valence-corrected chi connectivity index (χ1v) is 21.6. The average molecular weight is 832 g/mol. The van der Waals surface area contributed by atoms with Gasteiger partial charge in [-0.3, -0.25) is 10.4 Å². The largest absolute Gasteiger partial charge is 0.457 e. The molecule has 4 nitrogen and oxygen atoms in total. The minimum absolute atomic E-state index is 0.0580. The molecule has 0 fully saturated rings. The number of hydrogen-bond donors (Lipinski definition) is 2. The second-order valence-electron chi connectivity index (χ2n) is 15.5. The van der Waals surface area contributed by atoms with Gasteiger partial charge in [-0.25, -0.2) is 0 Å². The first-order chi connectivity index (χ1) is 30.8. The van der Waals surface area contributed by atoms with Crippen LogP contribution in [-0.4, -0.2) is 12.6 Å². The van der Waals surface area contributed by atoms with E-state index < -0.39 is 0 Å². The van der Waals surface area contributed by atoms with Crippen LogP contribution in [0.1, 0.15) is 11.1 Å². The third-order valence-electron chi connectivity index (χ3n) is 11.5. The Bertz CT molecular complexity index is 3600. The van der Waals surface area contributed by atoms with Crippen molar-refractivity contribution in [3.63, 3.8) is 0 Å². The molecule has 5 heteroatoms. The SMILES string of the molecule is C=C/C(C(=N)N)=c1\c(=C)oc2ccc(-c3cccc4sc5ccc(-c6ccccc6)cc5c34)cc12.C=NCc1ccccc1.Cc1ccc2c3ccccc3c3ccccc3c2c1. The lowest BCUT2D eigenvalue weighted by Crippen LogP contribution is -2.27. The summed E-state index contributed by atoms with van der Waals surface area (Å²) in [6, 6.07) is 64.0. The number of nitrogens with zero attached hydrogens (tertiary/aromatic N) is 1. The van der Waals surface area contributed by atoms with Gasteiger partial charge in [0.25, 0.3) is 0 Å². The molecule has 2 heterocycles. The van der Waals surface area contributed by atoms with E-state index in [9.17, 15) is 0 Å². The van der Waals surface area contributed by atoms with Gasteiger partial charge in [0.05, 0.1) is 6.54 Å². The van der Waals surface area contributed by atoms with Crippen molar-refractivity contribution in [2.45, 2.75) is 13.5 Å². The minimum Gasteiger partial charge on any atom is -0.457 e. The lowest BCUT2D eigenvalue weighted by Gasteiger charge is -2.10. The van der Waals surface area contributed by atoms with E-state index in [1.807, 2.05) is 53.8 Å². The fourth-order valence-electron chi connectivity index (χ4n) is 8.57. The molecule has 0 unspecified atom stereocenters. The topological polar surface area (TPSA) is 75.4 Å². The van der Waals surface area contributed by atoms with Crippen LogP contribution in [-0.2, 0) is 6.54 Å². The molecule has 0 saturated heterocycles. The number of amidine groups is 1. The molecule has 0 atom stereocenters. The highest BCUT2D eigenvalue weighted by molar-refractivity contribution is 7.26. The molecule has 304 valence electrons. The number of furan rings is 1. The predicted octanol–water partition coefficient (Wildman–Crippen LogP) is 14.2. The number of hydrogen-bond acceptors (Lipinski definition) is 4. The number of thiophene rings is 1. The molecular weight excluding hydrogens is 787 g/mol. The molecule has 0 aliphatic carbocycles. The van der Waals surface area contributed by atoms with Gasteiger partial charge in [0.15, 0.2) is 0 Å². The summed E-state index contributed by atoms with van der Waals surface area (Å²) in [5, 5.41) is 20.1. The molecule has 0 spiro atoms. The van der Waals surface area contributed by atoms with E-state index in [2.05, 4.69) is 171 Å². The van der Waals surface area contributed by atoms with Crippen LogP contribution < -0.4 is 16.4 Å². The molecule has 0 aliphatic rings. The molecule has 0 saturated carbocycles. The zero-order valence-corrected chi connectivity index (χ0v) is 35.9. The first-order valence-electron chi connectivity index (χ1n) is 20.8. The van der Waals surface area contributed by atoms with Crippen molar-refractivity contribution in [1.29, 1.82) is 5.41 Å². The second kappa shape index (κ2) is 17.6. The molecule has 2 aromatic heterocycles. The Labute approximate surface area is 370 Å². The smallest absolute Gasteiger partial charge is 0.135 e. The Hall–Kier alpha value is -7.86. The van der Waals surface area contributed by atoms with Gasteiger partial charge >= 0.3 is 0 Å². The number of nitrogens with one attached hydrogen (secondary N) is 1. The Morgan fingerprint density at radius 3 is 1.86 bits per heavy atom. The van der Waals surface area contributed by atoms with Crippen LogP contribution in [0.15, 0.2) is 204 Å². The molecule has 9 aromatic carbocycles. The summed E-state index contributed by atoms with van der Waals surface area (Å²) >= 11 is 1.81. The molecule has 0 aliphatic heterocycles. The lowest BCUT2D eigenvalue weighted by molar-refractivity contribution is 0.577. The highest BCUT2D eigenvalue weighted by Gasteiger charge is 2.15. The predicted molar refractivity (Wildman–Crippen MR) is 274 cm³/mol. The third-order valence-corrected chi connectivity index (χ3v) is 12.6. The fraction of sp³-hybridized carbons (Fsp3) is 0.0345. The minimum atomic E-state index is -0.0580. The Balaban J connectivity index is 0.000000149. The number of aryl methyl sites for hydroxylation is 1. The van der Waals surface area contributed by atoms with Crippen LogP contribution in [0.3, 0.4) is 0 Å². The number of rotatable bonds is 6. The van der Waals surface area contributed by atoms with Crippen molar-refractivity contribution in [3.8, 4) is 22.3 Å². The van der Waals surface area contributed by atoms with Gasteiger partial charge in [0, 0.05) is 36.4 Å². The number of benzene rings is 9. The summed E-state index contributed by atoms with van der Waals surface area (Å²) in [7, 11) is 0. The molecule has 11 aromatic rings. The van der Waals surface area contributed by atoms with Crippen molar-refractivity contribution in [1.82, 2.24) is 0 Å². The standard InChI is InChI=1S/C31H22N2OS.C19H14.C8H9N/c1-3-22(31(32)33)29-18(2)34-26-14-12-21(17-24(26)29)23-10-7-11-28-30(23)25-16-20(13-15-27(25)35-28)19-8-5-4-6-9-19;1-13-10-11-18-16-8-3-2-6-14(16)15-7-4-5-9-17(15)19(18)12-13;1-9-7-8-5-3-2-4-6-8/h3-17H,1-2H2,(H3,32,33);2-12H,1H3;2-6H,1,7H2/b29-22-;;. The summed E-state index contributed by atoms with van der Waals surface area (Å²) in [5.41, 5.74) is 14.7. The third kappa shape index (κ3) is 7.94. The Kier molecular flexibility index (Phi) is 11.3. The van der Waals surface area contributed by atoms with Gasteiger partial charge in [0.1, 0.15) is 16.8 Å². The Morgan fingerprint density at radius 1 is 0.603 bits per heavy atom. The summed E-state index contributed by atoms with van der Waals surface area (Å²) in [6.07, 6.45) is 1.59. The van der Waals surface area contributed by atoms with Gasteiger partial charge in [-0.2, -0.15) is 0 Å². The molecule has 3 N–H and O–H groups in total. The van der Waals surface area contributed by atoms with Gasteiger partial charge < -0.3 is 10.2 Å². The molecule has 0 radical (unpaired) electrons. The fourth-order valence-corrected chi connectivity index (χ4v) is 9.68. The van der Waals surface area contributed by atoms with E-state index in [0.29, 0.717) is 16.6 Å². The summed E-state index contributed by atoms with van der Waals surface area (Å²) in [5.74, 6) is -0.0580. The highest BCUT2D eigenvalue weighted by Crippen LogP contribution is 2.42. The van der Waals surface area contributed by atoms with E-state index in [1.54, 1.807) is 6.08 Å².